The number of carbonyl (C=O) groups excluding carboxylic acids is 1. The Labute approximate surface area is 106 Å². The first-order valence-corrected chi connectivity index (χ1v) is 5.36. The van der Waals surface area contributed by atoms with E-state index in [0.717, 1.165) is 6.07 Å². The molecule has 0 radical (unpaired) electrons. The lowest BCUT2D eigenvalue weighted by Crippen LogP contribution is -2.13. The van der Waals surface area contributed by atoms with E-state index in [4.69, 9.17) is 23.2 Å². The maximum Gasteiger partial charge on any atom is 0.273 e. The Hall–Kier alpha value is -1.72. The van der Waals surface area contributed by atoms with Gasteiger partial charge in [0.25, 0.3) is 11.5 Å². The number of carbonyl (C=O) groups is 1. The van der Waals surface area contributed by atoms with Crippen LogP contribution in [0.1, 0.15) is 10.5 Å². The molecule has 0 bridgehead atoms. The van der Waals surface area contributed by atoms with Crippen molar-refractivity contribution < 1.29 is 4.79 Å². The zero-order valence-electron chi connectivity index (χ0n) is 8.38. The highest BCUT2D eigenvalue weighted by atomic mass is 35.5. The lowest BCUT2D eigenvalue weighted by atomic mass is 10.3. The third kappa shape index (κ3) is 2.51. The molecule has 0 fully saturated rings. The summed E-state index contributed by atoms with van der Waals surface area (Å²) in [5.74, 6) is -0.502. The maximum absolute atomic E-state index is 11.7. The fourth-order valence-corrected chi connectivity index (χ4v) is 1.74. The van der Waals surface area contributed by atoms with Gasteiger partial charge in [-0.1, -0.05) is 29.3 Å². The van der Waals surface area contributed by atoms with Crippen molar-refractivity contribution in [1.29, 1.82) is 0 Å². The Bertz CT molecular complexity index is 598. The minimum absolute atomic E-state index is 0.103. The number of H-pyrrole nitrogens is 2. The normalized spacial score (nSPS) is 10.2. The number of anilines is 1. The third-order valence-electron chi connectivity index (χ3n) is 2.04. The van der Waals surface area contributed by atoms with E-state index >= 15 is 0 Å². The first-order valence-electron chi connectivity index (χ1n) is 4.61. The molecule has 0 unspecified atom stereocenters. The Morgan fingerprint density at radius 3 is 2.35 bits per heavy atom. The molecule has 2 rings (SSSR count). The summed E-state index contributed by atoms with van der Waals surface area (Å²) in [5, 5.41) is 7.85. The van der Waals surface area contributed by atoms with Gasteiger partial charge in [0.1, 0.15) is 5.69 Å². The summed E-state index contributed by atoms with van der Waals surface area (Å²) in [6.07, 6.45) is 0. The lowest BCUT2D eigenvalue weighted by Gasteiger charge is -2.07. The van der Waals surface area contributed by atoms with Crippen LogP contribution in [-0.4, -0.2) is 16.1 Å². The van der Waals surface area contributed by atoms with Gasteiger partial charge in [-0.2, -0.15) is 0 Å². The molecule has 1 aromatic heterocycles. The van der Waals surface area contributed by atoms with E-state index < -0.39 is 5.91 Å². The summed E-state index contributed by atoms with van der Waals surface area (Å²) in [5.41, 5.74) is 0.0225. The van der Waals surface area contributed by atoms with Crippen molar-refractivity contribution in [2.45, 2.75) is 0 Å². The number of aromatic nitrogens is 2. The van der Waals surface area contributed by atoms with E-state index in [1.54, 1.807) is 18.2 Å². The quantitative estimate of drug-likeness (QED) is 0.784. The number of nitrogens with one attached hydrogen (secondary N) is 3. The van der Waals surface area contributed by atoms with Gasteiger partial charge in [-0.25, -0.2) is 0 Å². The zero-order valence-corrected chi connectivity index (χ0v) is 9.89. The Morgan fingerprint density at radius 2 is 1.82 bits per heavy atom. The summed E-state index contributed by atoms with van der Waals surface area (Å²) < 4.78 is 0. The highest BCUT2D eigenvalue weighted by Crippen LogP contribution is 2.29. The lowest BCUT2D eigenvalue weighted by molar-refractivity contribution is 0.102. The molecule has 3 N–H and O–H groups in total. The number of rotatable bonds is 2. The fraction of sp³-hybridized carbons (Fsp3) is 0. The average Bonchev–Trinajstić information content (AvgIpc) is 2.70. The van der Waals surface area contributed by atoms with Crippen LogP contribution in [0.25, 0.3) is 0 Å². The summed E-state index contributed by atoms with van der Waals surface area (Å²) in [4.78, 5) is 22.6. The van der Waals surface area contributed by atoms with Crippen molar-refractivity contribution in [2.24, 2.45) is 0 Å². The van der Waals surface area contributed by atoms with Crippen molar-refractivity contribution in [1.82, 2.24) is 10.2 Å². The number of para-hydroxylation sites is 1. The van der Waals surface area contributed by atoms with Gasteiger partial charge in [-0.3, -0.25) is 19.8 Å². The minimum Gasteiger partial charge on any atom is -0.318 e. The largest absolute Gasteiger partial charge is 0.318 e. The summed E-state index contributed by atoms with van der Waals surface area (Å²) in [7, 11) is 0. The van der Waals surface area contributed by atoms with Crippen LogP contribution >= 0.6 is 23.2 Å². The molecule has 1 amide bonds. The number of halogens is 2. The summed E-state index contributed by atoms with van der Waals surface area (Å²) in [6.45, 7) is 0. The van der Waals surface area contributed by atoms with E-state index in [1.807, 2.05) is 0 Å². The van der Waals surface area contributed by atoms with Crippen LogP contribution in [0.15, 0.2) is 29.1 Å². The first kappa shape index (κ1) is 11.8. The monoisotopic (exact) mass is 271 g/mol. The van der Waals surface area contributed by atoms with Crippen LogP contribution in [0.3, 0.4) is 0 Å². The SMILES string of the molecule is O=C(Nc1c(Cl)cccc1Cl)c1cc(=O)[nH][nH]1. The van der Waals surface area contributed by atoms with Crippen molar-refractivity contribution in [2.75, 3.05) is 5.32 Å². The molecule has 0 spiro atoms. The molecule has 5 nitrogen and oxygen atoms in total. The van der Waals surface area contributed by atoms with E-state index in [1.165, 1.54) is 0 Å². The topological polar surface area (TPSA) is 77.8 Å². The highest BCUT2D eigenvalue weighted by Gasteiger charge is 2.12. The van der Waals surface area contributed by atoms with E-state index in [9.17, 15) is 9.59 Å². The van der Waals surface area contributed by atoms with Gasteiger partial charge in [0.15, 0.2) is 0 Å². The van der Waals surface area contributed by atoms with Gasteiger partial charge in [0.05, 0.1) is 15.7 Å². The Morgan fingerprint density at radius 1 is 1.18 bits per heavy atom. The van der Waals surface area contributed by atoms with Crippen LogP contribution in [0.5, 0.6) is 0 Å². The van der Waals surface area contributed by atoms with E-state index in [0.29, 0.717) is 15.7 Å². The molecule has 0 aliphatic heterocycles. The van der Waals surface area contributed by atoms with Gasteiger partial charge in [0.2, 0.25) is 0 Å². The van der Waals surface area contributed by atoms with Gasteiger partial charge in [-0.15, -0.1) is 0 Å². The molecule has 88 valence electrons. The summed E-state index contributed by atoms with van der Waals surface area (Å²) >= 11 is 11.8. The zero-order chi connectivity index (χ0) is 12.4. The highest BCUT2D eigenvalue weighted by molar-refractivity contribution is 6.39. The molecule has 0 saturated heterocycles. The summed E-state index contributed by atoms with van der Waals surface area (Å²) in [6, 6.07) is 6.00. The number of hydrogen-bond acceptors (Lipinski definition) is 2. The van der Waals surface area contributed by atoms with E-state index in [2.05, 4.69) is 15.5 Å². The van der Waals surface area contributed by atoms with Gasteiger partial charge in [0, 0.05) is 6.07 Å². The third-order valence-corrected chi connectivity index (χ3v) is 2.67. The van der Waals surface area contributed by atoms with Crippen molar-refractivity contribution in [3.05, 3.63) is 50.4 Å². The van der Waals surface area contributed by atoms with Crippen LogP contribution in [-0.2, 0) is 0 Å². The number of amides is 1. The number of hydrogen-bond donors (Lipinski definition) is 3. The van der Waals surface area contributed by atoms with Crippen LogP contribution in [0.2, 0.25) is 10.0 Å². The second-order valence-electron chi connectivity index (χ2n) is 3.22. The smallest absolute Gasteiger partial charge is 0.273 e. The molecule has 17 heavy (non-hydrogen) atoms. The van der Waals surface area contributed by atoms with Crippen molar-refractivity contribution >= 4 is 34.8 Å². The Kier molecular flexibility index (Phi) is 3.21. The first-order chi connectivity index (χ1) is 8.08. The molecule has 0 saturated carbocycles. The molecule has 1 heterocycles. The second-order valence-corrected chi connectivity index (χ2v) is 4.04. The number of benzene rings is 1. The molecule has 0 aliphatic rings. The molecular weight excluding hydrogens is 265 g/mol. The average molecular weight is 272 g/mol. The van der Waals surface area contributed by atoms with Crippen LogP contribution < -0.4 is 10.9 Å². The minimum atomic E-state index is -0.502. The molecular formula is C10H7Cl2N3O2. The van der Waals surface area contributed by atoms with Crippen molar-refractivity contribution in [3.8, 4) is 0 Å². The second kappa shape index (κ2) is 4.65. The maximum atomic E-state index is 11.7. The van der Waals surface area contributed by atoms with Crippen LogP contribution in [0, 0.1) is 0 Å². The fourth-order valence-electron chi connectivity index (χ4n) is 1.25. The number of aromatic amines is 2. The van der Waals surface area contributed by atoms with Gasteiger partial charge < -0.3 is 5.32 Å². The molecule has 7 heteroatoms. The van der Waals surface area contributed by atoms with Gasteiger partial charge in [-0.05, 0) is 12.1 Å². The molecule has 1 aromatic carbocycles. The molecule has 0 aliphatic carbocycles. The standard InChI is InChI=1S/C10H7Cl2N3O2/c11-5-2-1-3-6(12)9(5)13-10(17)7-4-8(16)15-14-7/h1-4H,(H,13,17)(H2,14,15,16). The van der Waals surface area contributed by atoms with Crippen LogP contribution in [0.4, 0.5) is 5.69 Å². The van der Waals surface area contributed by atoms with E-state index in [-0.39, 0.29) is 11.3 Å². The molecule has 0 atom stereocenters. The Balaban J connectivity index is 2.27. The predicted molar refractivity (Wildman–Crippen MR) is 65.8 cm³/mol. The van der Waals surface area contributed by atoms with Crippen molar-refractivity contribution in [3.63, 3.8) is 0 Å². The predicted octanol–water partition coefficient (Wildman–Crippen LogP) is 2.26. The molecule has 2 aromatic rings. The van der Waals surface area contributed by atoms with Gasteiger partial charge >= 0.3 is 0 Å².